The van der Waals surface area contributed by atoms with Crippen molar-refractivity contribution < 1.29 is 18.3 Å². The van der Waals surface area contributed by atoms with E-state index in [2.05, 4.69) is 15.9 Å². The van der Waals surface area contributed by atoms with Crippen LogP contribution in [0.3, 0.4) is 0 Å². The Morgan fingerprint density at radius 1 is 1.37 bits per heavy atom. The fourth-order valence-electron chi connectivity index (χ4n) is 2.40. The summed E-state index contributed by atoms with van der Waals surface area (Å²) in [5, 5.41) is 10.1. The minimum Gasteiger partial charge on any atom is -0.386 e. The summed E-state index contributed by atoms with van der Waals surface area (Å²) in [5.41, 5.74) is -0.682. The van der Waals surface area contributed by atoms with Crippen LogP contribution in [0.2, 0.25) is 0 Å². The molecule has 1 aromatic carbocycles. The van der Waals surface area contributed by atoms with Crippen molar-refractivity contribution in [2.75, 3.05) is 18.0 Å². The van der Waals surface area contributed by atoms with E-state index in [1.54, 1.807) is 0 Å². The molecule has 0 amide bonds. The Hall–Kier alpha value is -0.750. The molecule has 0 saturated carbocycles. The van der Waals surface area contributed by atoms with Gasteiger partial charge in [-0.15, -0.1) is 0 Å². The molecule has 1 saturated heterocycles. The molecule has 1 aliphatic rings. The molecule has 1 fully saturated rings. The number of β-amino-alcohol motifs (C(OH)–C–C–N with tert-alkyl or cyclic N) is 1. The number of nitrogens with zero attached hydrogens (tertiary/aromatic N) is 1. The summed E-state index contributed by atoms with van der Waals surface area (Å²) in [7, 11) is 0. The van der Waals surface area contributed by atoms with Crippen LogP contribution in [0.25, 0.3) is 0 Å². The van der Waals surface area contributed by atoms with Gasteiger partial charge in [0.15, 0.2) is 0 Å². The van der Waals surface area contributed by atoms with Crippen molar-refractivity contribution >= 4 is 21.6 Å². The van der Waals surface area contributed by atoms with Crippen molar-refractivity contribution in [3.63, 3.8) is 0 Å². The summed E-state index contributed by atoms with van der Waals surface area (Å²) in [6.07, 6.45) is -2.74. The van der Waals surface area contributed by atoms with E-state index in [1.165, 1.54) is 6.07 Å². The van der Waals surface area contributed by atoms with Crippen LogP contribution < -0.4 is 4.90 Å². The smallest absolute Gasteiger partial charge is 0.386 e. The summed E-state index contributed by atoms with van der Waals surface area (Å²) >= 11 is 3.17. The van der Waals surface area contributed by atoms with Gasteiger partial charge < -0.3 is 10.0 Å². The van der Waals surface area contributed by atoms with Crippen molar-refractivity contribution in [2.24, 2.45) is 0 Å². The third-order valence-corrected chi connectivity index (χ3v) is 3.94. The zero-order valence-electron chi connectivity index (χ0n) is 10.5. The lowest BCUT2D eigenvalue weighted by Gasteiger charge is -2.48. The quantitative estimate of drug-likeness (QED) is 0.906. The minimum absolute atomic E-state index is 0.404. The highest BCUT2D eigenvalue weighted by Gasteiger charge is 2.41. The number of aliphatic hydroxyl groups is 1. The average molecular weight is 338 g/mol. The van der Waals surface area contributed by atoms with E-state index in [4.69, 9.17) is 0 Å². The van der Waals surface area contributed by atoms with Gasteiger partial charge in [0, 0.05) is 17.6 Å². The molecular formula is C13H15BrF3NO. The molecule has 1 aromatic rings. The SMILES string of the molecule is CCCC1(O)CN(c2ccc(C(F)(F)F)cc2Br)C1. The maximum absolute atomic E-state index is 12.5. The second-order valence-electron chi connectivity index (χ2n) is 4.99. The van der Waals surface area contributed by atoms with E-state index >= 15 is 0 Å². The summed E-state index contributed by atoms with van der Waals surface area (Å²) < 4.78 is 38.0. The second-order valence-corrected chi connectivity index (χ2v) is 5.85. The van der Waals surface area contributed by atoms with Gasteiger partial charge in [-0.1, -0.05) is 13.3 Å². The van der Waals surface area contributed by atoms with Crippen molar-refractivity contribution in [2.45, 2.75) is 31.5 Å². The van der Waals surface area contributed by atoms with Crippen LogP contribution >= 0.6 is 15.9 Å². The van der Waals surface area contributed by atoms with Crippen molar-refractivity contribution in [1.82, 2.24) is 0 Å². The fourth-order valence-corrected chi connectivity index (χ4v) is 3.03. The molecule has 19 heavy (non-hydrogen) atoms. The first-order chi connectivity index (χ1) is 8.75. The number of anilines is 1. The summed E-state index contributed by atoms with van der Waals surface area (Å²) in [6, 6.07) is 3.59. The molecule has 2 rings (SSSR count). The Morgan fingerprint density at radius 3 is 2.47 bits per heavy atom. The molecule has 6 heteroatoms. The maximum atomic E-state index is 12.5. The predicted octanol–water partition coefficient (Wildman–Crippen LogP) is 3.82. The Labute approximate surface area is 118 Å². The Bertz CT molecular complexity index is 469. The van der Waals surface area contributed by atoms with Gasteiger partial charge in [0.1, 0.15) is 0 Å². The van der Waals surface area contributed by atoms with E-state index in [9.17, 15) is 18.3 Å². The van der Waals surface area contributed by atoms with Gasteiger partial charge in [-0.25, -0.2) is 0 Å². The zero-order valence-corrected chi connectivity index (χ0v) is 12.1. The number of alkyl halides is 3. The third-order valence-electron chi connectivity index (χ3n) is 3.30. The molecular weight excluding hydrogens is 323 g/mol. The molecule has 106 valence electrons. The number of hydrogen-bond donors (Lipinski definition) is 1. The van der Waals surface area contributed by atoms with E-state index in [0.29, 0.717) is 29.7 Å². The molecule has 0 aliphatic carbocycles. The van der Waals surface area contributed by atoms with Crippen molar-refractivity contribution in [1.29, 1.82) is 0 Å². The first kappa shape index (κ1) is 14.7. The van der Waals surface area contributed by atoms with Gasteiger partial charge >= 0.3 is 6.18 Å². The summed E-state index contributed by atoms with van der Waals surface area (Å²) in [5.74, 6) is 0. The lowest BCUT2D eigenvalue weighted by molar-refractivity contribution is -0.137. The minimum atomic E-state index is -4.33. The second kappa shape index (κ2) is 4.98. The van der Waals surface area contributed by atoms with Gasteiger partial charge in [-0.3, -0.25) is 0 Å². The summed E-state index contributed by atoms with van der Waals surface area (Å²) in [6.45, 7) is 2.92. The molecule has 0 atom stereocenters. The molecule has 0 radical (unpaired) electrons. The number of halogens is 4. The van der Waals surface area contributed by atoms with Crippen LogP contribution in [-0.2, 0) is 6.18 Å². The van der Waals surface area contributed by atoms with Crippen molar-refractivity contribution in [3.8, 4) is 0 Å². The molecule has 0 bridgehead atoms. The third kappa shape index (κ3) is 3.05. The molecule has 0 aromatic heterocycles. The summed E-state index contributed by atoms with van der Waals surface area (Å²) in [4.78, 5) is 1.87. The van der Waals surface area contributed by atoms with Gasteiger partial charge in [-0.05, 0) is 40.5 Å². The average Bonchev–Trinajstić information content (AvgIpc) is 2.25. The molecule has 0 unspecified atom stereocenters. The first-order valence-electron chi connectivity index (χ1n) is 6.09. The highest BCUT2D eigenvalue weighted by molar-refractivity contribution is 9.10. The molecule has 2 nitrogen and oxygen atoms in total. The van der Waals surface area contributed by atoms with E-state index < -0.39 is 17.3 Å². The highest BCUT2D eigenvalue weighted by Crippen LogP contribution is 2.38. The van der Waals surface area contributed by atoms with Crippen LogP contribution in [-0.4, -0.2) is 23.8 Å². The molecule has 1 heterocycles. The van der Waals surface area contributed by atoms with Crippen LogP contribution in [0, 0.1) is 0 Å². The van der Waals surface area contributed by atoms with Crippen LogP contribution in [0.5, 0.6) is 0 Å². The normalized spacial score (nSPS) is 18.3. The molecule has 0 spiro atoms. The Kier molecular flexibility index (Phi) is 3.84. The lowest BCUT2D eigenvalue weighted by Crippen LogP contribution is -2.62. The predicted molar refractivity (Wildman–Crippen MR) is 71.2 cm³/mol. The van der Waals surface area contributed by atoms with Gasteiger partial charge in [0.05, 0.1) is 16.9 Å². The molecule has 1 aliphatic heterocycles. The monoisotopic (exact) mass is 337 g/mol. The number of benzene rings is 1. The zero-order chi connectivity index (χ0) is 14.3. The van der Waals surface area contributed by atoms with Gasteiger partial charge in [0.25, 0.3) is 0 Å². The van der Waals surface area contributed by atoms with E-state index in [-0.39, 0.29) is 0 Å². The van der Waals surface area contributed by atoms with Crippen LogP contribution in [0.1, 0.15) is 25.3 Å². The Morgan fingerprint density at radius 2 is 2.00 bits per heavy atom. The van der Waals surface area contributed by atoms with Gasteiger partial charge in [-0.2, -0.15) is 13.2 Å². The van der Waals surface area contributed by atoms with Gasteiger partial charge in [0.2, 0.25) is 0 Å². The standard InChI is InChI=1S/C13H15BrF3NO/c1-2-5-12(19)7-18(8-12)11-4-3-9(6-10(11)14)13(15,16)17/h3-4,6,19H,2,5,7-8H2,1H3. The highest BCUT2D eigenvalue weighted by atomic mass is 79.9. The van der Waals surface area contributed by atoms with Crippen LogP contribution in [0.15, 0.2) is 22.7 Å². The Balaban J connectivity index is 2.12. The largest absolute Gasteiger partial charge is 0.416 e. The first-order valence-corrected chi connectivity index (χ1v) is 6.88. The van der Waals surface area contributed by atoms with E-state index in [1.807, 2.05) is 11.8 Å². The fraction of sp³-hybridized carbons (Fsp3) is 0.538. The van der Waals surface area contributed by atoms with E-state index in [0.717, 1.165) is 18.6 Å². The topological polar surface area (TPSA) is 23.5 Å². The number of rotatable bonds is 3. The number of hydrogen-bond acceptors (Lipinski definition) is 2. The van der Waals surface area contributed by atoms with Crippen molar-refractivity contribution in [3.05, 3.63) is 28.2 Å². The lowest BCUT2D eigenvalue weighted by atomic mass is 9.89. The molecule has 1 N–H and O–H groups in total. The van der Waals surface area contributed by atoms with Crippen LogP contribution in [0.4, 0.5) is 18.9 Å². The maximum Gasteiger partial charge on any atom is 0.416 e.